The number of aliphatic hydroxyl groups excluding tert-OH is 1. The van der Waals surface area contributed by atoms with Gasteiger partial charge in [-0.15, -0.1) is 0 Å². The summed E-state index contributed by atoms with van der Waals surface area (Å²) in [4.78, 5) is 2.01. The lowest BCUT2D eigenvalue weighted by Crippen LogP contribution is -2.35. The zero-order valence-electron chi connectivity index (χ0n) is 10.4. The van der Waals surface area contributed by atoms with Crippen LogP contribution in [0.4, 0.5) is 5.69 Å². The van der Waals surface area contributed by atoms with Crippen molar-refractivity contribution in [1.29, 1.82) is 0 Å². The number of rotatable bonds is 0. The Morgan fingerprint density at radius 2 is 1.82 bits per heavy atom. The van der Waals surface area contributed by atoms with Gasteiger partial charge in [-0.05, 0) is 61.5 Å². The van der Waals surface area contributed by atoms with Gasteiger partial charge in [0.25, 0.3) is 0 Å². The highest BCUT2D eigenvalue weighted by molar-refractivity contribution is 5.59. The van der Waals surface area contributed by atoms with E-state index in [4.69, 9.17) is 0 Å². The first-order chi connectivity index (χ1) is 8.25. The van der Waals surface area contributed by atoms with Gasteiger partial charge in [0.1, 0.15) is 6.23 Å². The molecule has 1 atom stereocenters. The molecule has 3 heteroatoms. The van der Waals surface area contributed by atoms with Crippen molar-refractivity contribution >= 4 is 5.69 Å². The van der Waals surface area contributed by atoms with E-state index in [2.05, 4.69) is 17.4 Å². The molecule has 1 aromatic carbocycles. The van der Waals surface area contributed by atoms with E-state index in [1.54, 1.807) is 0 Å². The standard InChI is InChI=1S/C14H20N2O/c1-16-13-9-11-5-7-15-6-4-10(11)8-12(13)2-3-14(16)17/h8-9,14-15,17H,2-7H2,1H3. The number of nitrogens with zero attached hydrogens (tertiary/aromatic N) is 1. The predicted molar refractivity (Wildman–Crippen MR) is 69.5 cm³/mol. The topological polar surface area (TPSA) is 35.5 Å². The molecule has 1 unspecified atom stereocenters. The Morgan fingerprint density at radius 1 is 1.12 bits per heavy atom. The van der Waals surface area contributed by atoms with Gasteiger partial charge in [-0.2, -0.15) is 0 Å². The van der Waals surface area contributed by atoms with E-state index in [1.165, 1.54) is 22.4 Å². The van der Waals surface area contributed by atoms with Crippen LogP contribution in [-0.4, -0.2) is 31.5 Å². The lowest BCUT2D eigenvalue weighted by molar-refractivity contribution is 0.160. The molecular formula is C14H20N2O. The molecule has 92 valence electrons. The smallest absolute Gasteiger partial charge is 0.126 e. The zero-order chi connectivity index (χ0) is 11.8. The molecule has 0 saturated heterocycles. The fraction of sp³-hybridized carbons (Fsp3) is 0.571. The fourth-order valence-corrected chi connectivity index (χ4v) is 2.93. The number of anilines is 1. The second kappa shape index (κ2) is 4.31. The SMILES string of the molecule is CN1c2cc3c(cc2CCC1O)CCNCC3. The van der Waals surface area contributed by atoms with Crippen LogP contribution in [0.1, 0.15) is 23.1 Å². The van der Waals surface area contributed by atoms with E-state index >= 15 is 0 Å². The first kappa shape index (κ1) is 11.1. The van der Waals surface area contributed by atoms with Crippen molar-refractivity contribution in [3.05, 3.63) is 28.8 Å². The van der Waals surface area contributed by atoms with Crippen LogP contribution >= 0.6 is 0 Å². The Morgan fingerprint density at radius 3 is 2.59 bits per heavy atom. The molecule has 3 rings (SSSR count). The fourth-order valence-electron chi connectivity index (χ4n) is 2.93. The third kappa shape index (κ3) is 1.94. The Labute approximate surface area is 102 Å². The summed E-state index contributed by atoms with van der Waals surface area (Å²) in [6, 6.07) is 4.65. The minimum absolute atomic E-state index is 0.315. The van der Waals surface area contributed by atoms with Gasteiger partial charge in [-0.1, -0.05) is 6.07 Å². The average molecular weight is 232 g/mol. The van der Waals surface area contributed by atoms with Crippen LogP contribution in [0.2, 0.25) is 0 Å². The summed E-state index contributed by atoms with van der Waals surface area (Å²) >= 11 is 0. The van der Waals surface area contributed by atoms with E-state index < -0.39 is 0 Å². The highest BCUT2D eigenvalue weighted by Crippen LogP contribution is 2.32. The van der Waals surface area contributed by atoms with Gasteiger partial charge in [-0.25, -0.2) is 0 Å². The van der Waals surface area contributed by atoms with Gasteiger partial charge >= 0.3 is 0 Å². The monoisotopic (exact) mass is 232 g/mol. The molecule has 0 amide bonds. The van der Waals surface area contributed by atoms with Gasteiger partial charge in [0.15, 0.2) is 0 Å². The van der Waals surface area contributed by atoms with E-state index in [0.29, 0.717) is 0 Å². The van der Waals surface area contributed by atoms with E-state index in [-0.39, 0.29) is 6.23 Å². The van der Waals surface area contributed by atoms with Crippen LogP contribution in [0.3, 0.4) is 0 Å². The molecule has 0 spiro atoms. The number of benzene rings is 1. The molecule has 2 aliphatic rings. The summed E-state index contributed by atoms with van der Waals surface area (Å²) in [5, 5.41) is 13.3. The molecule has 17 heavy (non-hydrogen) atoms. The van der Waals surface area contributed by atoms with Crippen LogP contribution in [0.15, 0.2) is 12.1 Å². The van der Waals surface area contributed by atoms with Gasteiger partial charge in [0.05, 0.1) is 0 Å². The van der Waals surface area contributed by atoms with Crippen LogP contribution in [-0.2, 0) is 19.3 Å². The molecule has 2 aliphatic heterocycles. The van der Waals surface area contributed by atoms with Gasteiger partial charge in [-0.3, -0.25) is 0 Å². The quantitative estimate of drug-likeness (QED) is 0.702. The lowest BCUT2D eigenvalue weighted by Gasteiger charge is -2.33. The zero-order valence-corrected chi connectivity index (χ0v) is 10.4. The molecule has 0 aromatic heterocycles. The molecule has 0 saturated carbocycles. The van der Waals surface area contributed by atoms with Gasteiger partial charge < -0.3 is 15.3 Å². The van der Waals surface area contributed by atoms with E-state index in [0.717, 1.165) is 38.8 Å². The number of fused-ring (bicyclic) bond motifs is 2. The van der Waals surface area contributed by atoms with Crippen molar-refractivity contribution in [2.75, 3.05) is 25.0 Å². The Balaban J connectivity index is 2.04. The van der Waals surface area contributed by atoms with Crippen molar-refractivity contribution in [3.63, 3.8) is 0 Å². The van der Waals surface area contributed by atoms with Crippen LogP contribution in [0, 0.1) is 0 Å². The maximum atomic E-state index is 9.90. The Kier molecular flexibility index (Phi) is 2.81. The summed E-state index contributed by atoms with van der Waals surface area (Å²) in [6.45, 7) is 2.16. The molecule has 3 nitrogen and oxygen atoms in total. The summed E-state index contributed by atoms with van der Waals surface area (Å²) in [5.41, 5.74) is 5.58. The maximum absolute atomic E-state index is 9.90. The summed E-state index contributed by atoms with van der Waals surface area (Å²) < 4.78 is 0. The minimum atomic E-state index is -0.315. The van der Waals surface area contributed by atoms with Crippen molar-refractivity contribution in [2.24, 2.45) is 0 Å². The Hall–Kier alpha value is -1.06. The summed E-state index contributed by atoms with van der Waals surface area (Å²) in [5.74, 6) is 0. The molecular weight excluding hydrogens is 212 g/mol. The normalized spacial score (nSPS) is 23.9. The van der Waals surface area contributed by atoms with Crippen molar-refractivity contribution in [2.45, 2.75) is 31.9 Å². The molecule has 1 aromatic rings. The molecule has 0 aliphatic carbocycles. The number of aliphatic hydroxyl groups is 1. The molecule has 2 heterocycles. The third-order valence-electron chi connectivity index (χ3n) is 4.04. The average Bonchev–Trinajstić information content (AvgIpc) is 2.57. The second-order valence-corrected chi connectivity index (χ2v) is 5.13. The van der Waals surface area contributed by atoms with Crippen LogP contribution in [0.5, 0.6) is 0 Å². The molecule has 0 radical (unpaired) electrons. The molecule has 0 fully saturated rings. The highest BCUT2D eigenvalue weighted by atomic mass is 16.3. The lowest BCUT2D eigenvalue weighted by atomic mass is 9.93. The molecule has 0 bridgehead atoms. The van der Waals surface area contributed by atoms with E-state index in [9.17, 15) is 5.11 Å². The van der Waals surface area contributed by atoms with Crippen molar-refractivity contribution in [3.8, 4) is 0 Å². The Bertz CT molecular complexity index is 430. The van der Waals surface area contributed by atoms with Crippen molar-refractivity contribution in [1.82, 2.24) is 5.32 Å². The van der Waals surface area contributed by atoms with E-state index in [1.807, 2.05) is 11.9 Å². The predicted octanol–water partition coefficient (Wildman–Crippen LogP) is 1.08. The highest BCUT2D eigenvalue weighted by Gasteiger charge is 2.23. The number of nitrogens with one attached hydrogen (secondary N) is 1. The van der Waals surface area contributed by atoms with Gasteiger partial charge in [0.2, 0.25) is 0 Å². The number of hydrogen-bond donors (Lipinski definition) is 2. The van der Waals surface area contributed by atoms with Gasteiger partial charge in [0, 0.05) is 12.7 Å². The maximum Gasteiger partial charge on any atom is 0.126 e. The van der Waals surface area contributed by atoms with Crippen molar-refractivity contribution < 1.29 is 5.11 Å². The minimum Gasteiger partial charge on any atom is -0.374 e. The first-order valence-corrected chi connectivity index (χ1v) is 6.52. The molecule has 2 N–H and O–H groups in total. The third-order valence-corrected chi connectivity index (χ3v) is 4.04. The summed E-state index contributed by atoms with van der Waals surface area (Å²) in [7, 11) is 1.99. The number of aryl methyl sites for hydroxylation is 1. The first-order valence-electron chi connectivity index (χ1n) is 6.52. The van der Waals surface area contributed by atoms with Crippen LogP contribution < -0.4 is 10.2 Å². The summed E-state index contributed by atoms with van der Waals surface area (Å²) in [6.07, 6.45) is 3.77. The second-order valence-electron chi connectivity index (χ2n) is 5.13. The largest absolute Gasteiger partial charge is 0.374 e. The number of hydrogen-bond acceptors (Lipinski definition) is 3. The van der Waals surface area contributed by atoms with Crippen LogP contribution in [0.25, 0.3) is 0 Å².